The van der Waals surface area contributed by atoms with Crippen molar-refractivity contribution in [2.45, 2.75) is 16.5 Å². The molecule has 0 bridgehead atoms. The van der Waals surface area contributed by atoms with E-state index in [1.54, 1.807) is 24.5 Å². The molecule has 0 saturated carbocycles. The first kappa shape index (κ1) is 17.5. The van der Waals surface area contributed by atoms with Crippen LogP contribution in [0.1, 0.15) is 16.5 Å². The first-order valence-corrected chi connectivity index (χ1v) is 9.50. The van der Waals surface area contributed by atoms with Gasteiger partial charge in [0.1, 0.15) is 11.0 Å². The van der Waals surface area contributed by atoms with Gasteiger partial charge in [-0.05, 0) is 24.6 Å². The van der Waals surface area contributed by atoms with Crippen LogP contribution in [0, 0.1) is 6.92 Å². The van der Waals surface area contributed by atoms with Gasteiger partial charge in [0.25, 0.3) is 0 Å². The Kier molecular flexibility index (Phi) is 5.73. The van der Waals surface area contributed by atoms with E-state index in [2.05, 4.69) is 10.3 Å². The summed E-state index contributed by atoms with van der Waals surface area (Å²) in [7, 11) is 1.61. The Morgan fingerprint density at radius 2 is 2.00 bits per heavy atom. The van der Waals surface area contributed by atoms with Crippen LogP contribution in [-0.4, -0.2) is 18.0 Å². The van der Waals surface area contributed by atoms with E-state index < -0.39 is 0 Å². The van der Waals surface area contributed by atoms with Crippen molar-refractivity contribution in [1.29, 1.82) is 0 Å². The van der Waals surface area contributed by atoms with E-state index >= 15 is 0 Å². The predicted molar refractivity (Wildman–Crippen MR) is 104 cm³/mol. The number of thiazole rings is 1. The van der Waals surface area contributed by atoms with E-state index in [4.69, 9.17) is 4.74 Å². The molecule has 0 radical (unpaired) electrons. The largest absolute Gasteiger partial charge is 0.497 e. The highest BCUT2D eigenvalue weighted by Gasteiger charge is 2.23. The molecule has 25 heavy (non-hydrogen) atoms. The molecule has 128 valence electrons. The quantitative estimate of drug-likeness (QED) is 0.625. The molecule has 1 amide bonds. The van der Waals surface area contributed by atoms with Crippen LogP contribution in [0.25, 0.3) is 0 Å². The number of thioether (sulfide) groups is 1. The van der Waals surface area contributed by atoms with Gasteiger partial charge in [-0.15, -0.1) is 11.3 Å². The van der Waals surface area contributed by atoms with Crippen molar-refractivity contribution >= 4 is 34.7 Å². The zero-order valence-corrected chi connectivity index (χ0v) is 15.6. The van der Waals surface area contributed by atoms with Crippen molar-refractivity contribution in [2.75, 3.05) is 12.4 Å². The number of carbonyl (C=O) groups is 1. The van der Waals surface area contributed by atoms with Gasteiger partial charge < -0.3 is 10.1 Å². The van der Waals surface area contributed by atoms with E-state index in [1.807, 2.05) is 60.8 Å². The van der Waals surface area contributed by atoms with Gasteiger partial charge in [0.05, 0.1) is 7.11 Å². The molecule has 0 unspecified atom stereocenters. The molecule has 1 aromatic heterocycles. The minimum atomic E-state index is -0.377. The van der Waals surface area contributed by atoms with Crippen LogP contribution in [0.2, 0.25) is 0 Å². The van der Waals surface area contributed by atoms with E-state index in [-0.39, 0.29) is 11.2 Å². The second kappa shape index (κ2) is 8.18. The summed E-state index contributed by atoms with van der Waals surface area (Å²) in [5.74, 6) is 0.620. The molecule has 3 rings (SSSR count). The Balaban J connectivity index is 1.83. The fourth-order valence-electron chi connectivity index (χ4n) is 2.30. The third-order valence-corrected chi connectivity index (χ3v) is 5.84. The first-order valence-electron chi connectivity index (χ1n) is 7.74. The number of amides is 1. The molecule has 6 heteroatoms. The summed E-state index contributed by atoms with van der Waals surface area (Å²) >= 11 is 3.02. The minimum Gasteiger partial charge on any atom is -0.497 e. The van der Waals surface area contributed by atoms with Crippen LogP contribution in [0.15, 0.2) is 64.3 Å². The molecule has 1 heterocycles. The van der Waals surface area contributed by atoms with Crippen molar-refractivity contribution in [1.82, 2.24) is 4.98 Å². The summed E-state index contributed by atoms with van der Waals surface area (Å²) in [6.07, 6.45) is 0. The smallest absolute Gasteiger partial charge is 0.242 e. The number of aryl methyl sites for hydroxylation is 1. The van der Waals surface area contributed by atoms with Crippen molar-refractivity contribution in [3.8, 4) is 5.75 Å². The van der Waals surface area contributed by atoms with Gasteiger partial charge in [-0.3, -0.25) is 4.79 Å². The minimum absolute atomic E-state index is 0.0858. The Morgan fingerprint density at radius 3 is 2.68 bits per heavy atom. The van der Waals surface area contributed by atoms with Gasteiger partial charge in [-0.25, -0.2) is 4.98 Å². The van der Waals surface area contributed by atoms with Gasteiger partial charge in [-0.2, -0.15) is 0 Å². The highest BCUT2D eigenvalue weighted by molar-refractivity contribution is 8.01. The first-order chi connectivity index (χ1) is 12.2. The molecular weight excluding hydrogens is 352 g/mol. The van der Waals surface area contributed by atoms with E-state index in [1.165, 1.54) is 11.8 Å². The van der Waals surface area contributed by atoms with Crippen LogP contribution in [-0.2, 0) is 4.79 Å². The van der Waals surface area contributed by atoms with E-state index in [0.717, 1.165) is 15.6 Å². The van der Waals surface area contributed by atoms with Crippen LogP contribution in [0.3, 0.4) is 0 Å². The second-order valence-corrected chi connectivity index (χ2v) is 7.59. The standard InChI is InChI=1S/C19H18N2O2S2/c1-13-12-24-19(20-13)25-17(14-7-4-3-5-8-14)18(22)21-15-9-6-10-16(11-15)23-2/h3-12,17H,1-2H3,(H,21,22)/t17-/m1/s1. The average molecular weight is 370 g/mol. The monoisotopic (exact) mass is 370 g/mol. The molecular formula is C19H18N2O2S2. The number of hydrogen-bond donors (Lipinski definition) is 1. The topological polar surface area (TPSA) is 51.2 Å². The summed E-state index contributed by atoms with van der Waals surface area (Å²) in [5.41, 5.74) is 2.62. The van der Waals surface area contributed by atoms with Gasteiger partial charge in [0.2, 0.25) is 5.91 Å². The maximum atomic E-state index is 12.9. The number of methoxy groups -OCH3 is 1. The summed E-state index contributed by atoms with van der Waals surface area (Å²) < 4.78 is 6.10. The summed E-state index contributed by atoms with van der Waals surface area (Å²) in [6, 6.07) is 17.1. The third-order valence-electron chi connectivity index (χ3n) is 3.49. The van der Waals surface area contributed by atoms with Crippen LogP contribution >= 0.6 is 23.1 Å². The van der Waals surface area contributed by atoms with Gasteiger partial charge in [0.15, 0.2) is 4.34 Å². The molecule has 0 saturated heterocycles. The molecule has 0 aliphatic carbocycles. The molecule has 0 aliphatic heterocycles. The van der Waals surface area contributed by atoms with Crippen LogP contribution in [0.5, 0.6) is 5.75 Å². The number of ether oxygens (including phenoxy) is 1. The molecule has 4 nitrogen and oxygen atoms in total. The fraction of sp³-hybridized carbons (Fsp3) is 0.158. The number of nitrogens with one attached hydrogen (secondary N) is 1. The lowest BCUT2D eigenvalue weighted by Gasteiger charge is -2.16. The highest BCUT2D eigenvalue weighted by Crippen LogP contribution is 2.37. The summed E-state index contributed by atoms with van der Waals surface area (Å²) in [4.78, 5) is 17.4. The van der Waals surface area contributed by atoms with E-state index in [0.29, 0.717) is 11.4 Å². The van der Waals surface area contributed by atoms with Gasteiger partial charge >= 0.3 is 0 Å². The van der Waals surface area contributed by atoms with Crippen LogP contribution in [0.4, 0.5) is 5.69 Å². The summed E-state index contributed by atoms with van der Waals surface area (Å²) in [5, 5.41) is 4.59. The van der Waals surface area contributed by atoms with Crippen molar-refractivity contribution < 1.29 is 9.53 Å². The lowest BCUT2D eigenvalue weighted by atomic mass is 10.1. The summed E-state index contributed by atoms with van der Waals surface area (Å²) in [6.45, 7) is 1.95. The van der Waals surface area contributed by atoms with E-state index in [9.17, 15) is 4.79 Å². The number of aromatic nitrogens is 1. The zero-order chi connectivity index (χ0) is 17.6. The van der Waals surface area contributed by atoms with Crippen molar-refractivity contribution in [3.63, 3.8) is 0 Å². The highest BCUT2D eigenvalue weighted by atomic mass is 32.2. The number of anilines is 1. The van der Waals surface area contributed by atoms with Crippen molar-refractivity contribution in [2.24, 2.45) is 0 Å². The number of benzene rings is 2. The average Bonchev–Trinajstić information content (AvgIpc) is 3.05. The normalized spacial score (nSPS) is 11.8. The fourth-order valence-corrected chi connectivity index (χ4v) is 4.33. The molecule has 1 atom stereocenters. The second-order valence-electron chi connectivity index (χ2n) is 5.38. The van der Waals surface area contributed by atoms with Gasteiger partial charge in [-0.1, -0.05) is 48.2 Å². The molecule has 3 aromatic rings. The lowest BCUT2D eigenvalue weighted by molar-refractivity contribution is -0.115. The van der Waals surface area contributed by atoms with Crippen LogP contribution < -0.4 is 10.1 Å². The predicted octanol–water partition coefficient (Wildman–Crippen LogP) is 4.93. The molecule has 0 fully saturated rings. The lowest BCUT2D eigenvalue weighted by Crippen LogP contribution is -2.19. The number of hydrogen-bond acceptors (Lipinski definition) is 5. The number of carbonyl (C=O) groups excluding carboxylic acids is 1. The molecule has 0 aliphatic rings. The SMILES string of the molecule is COc1cccc(NC(=O)[C@H](Sc2nc(C)cs2)c2ccccc2)c1. The van der Waals surface area contributed by atoms with Gasteiger partial charge in [0, 0.05) is 22.8 Å². The molecule has 2 aromatic carbocycles. The Morgan fingerprint density at radius 1 is 1.20 bits per heavy atom. The third kappa shape index (κ3) is 4.61. The number of rotatable bonds is 6. The number of nitrogens with zero attached hydrogens (tertiary/aromatic N) is 1. The Labute approximate surface area is 155 Å². The maximum Gasteiger partial charge on any atom is 0.242 e. The Bertz CT molecular complexity index is 849. The zero-order valence-electron chi connectivity index (χ0n) is 13.9. The van der Waals surface area contributed by atoms with Crippen molar-refractivity contribution in [3.05, 3.63) is 71.2 Å². The maximum absolute atomic E-state index is 12.9. The Hall–Kier alpha value is -2.31. The molecule has 0 spiro atoms. The molecule has 1 N–H and O–H groups in total.